The normalized spacial score (nSPS) is 11.7. The molecular weight excluding hydrogens is 291 g/mol. The second kappa shape index (κ2) is 5.90. The first-order valence-electron chi connectivity index (χ1n) is 5.35. The van der Waals surface area contributed by atoms with Gasteiger partial charge in [0.05, 0.1) is 0 Å². The molecule has 1 aromatic rings. The fraction of sp³-hybridized carbons (Fsp3) is 0.538. The minimum absolute atomic E-state index is 0. The summed E-state index contributed by atoms with van der Waals surface area (Å²) in [4.78, 5) is 0. The maximum absolute atomic E-state index is 2.41. The molecule has 1 aromatic carbocycles. The van der Waals surface area contributed by atoms with Crippen LogP contribution in [0.1, 0.15) is 34.6 Å². The van der Waals surface area contributed by atoms with Gasteiger partial charge < -0.3 is 5.48 Å². The molecule has 0 saturated heterocycles. The zero-order chi connectivity index (χ0) is 10.8. The molecule has 0 atom stereocenters. The van der Waals surface area contributed by atoms with E-state index in [9.17, 15) is 0 Å². The summed E-state index contributed by atoms with van der Waals surface area (Å²) in [6, 6.07) is 11.2. The Morgan fingerprint density at radius 1 is 1.00 bits per heavy atom. The van der Waals surface area contributed by atoms with Crippen molar-refractivity contribution in [3.63, 3.8) is 0 Å². The quantitative estimate of drug-likeness (QED) is 0.752. The summed E-state index contributed by atoms with van der Waals surface area (Å²) in [5.74, 6) is 0. The smallest absolute Gasteiger partial charge is 0.412 e. The number of rotatable bonds is 2. The maximum Gasteiger partial charge on any atom is -0.412 e. The molecule has 0 saturated carbocycles. The Morgan fingerprint density at radius 3 is 1.80 bits per heavy atom. The minimum atomic E-state index is -1.48. The Hall–Kier alpha value is -0.0213. The molecule has 0 spiro atoms. The van der Waals surface area contributed by atoms with E-state index in [-0.39, 0.29) is 5.48 Å². The number of benzene rings is 1. The van der Waals surface area contributed by atoms with Crippen molar-refractivity contribution in [2.45, 2.75) is 42.0 Å². The van der Waals surface area contributed by atoms with Gasteiger partial charge in [-0.25, -0.2) is 0 Å². The molecule has 1 rings (SSSR count). The molecule has 0 aliphatic rings. The van der Waals surface area contributed by atoms with Crippen LogP contribution in [0.4, 0.5) is 0 Å². The predicted molar refractivity (Wildman–Crippen MR) is 70.3 cm³/mol. The van der Waals surface area contributed by atoms with Gasteiger partial charge in [0.2, 0.25) is 0 Å². The Bertz CT molecular complexity index is 274. The van der Waals surface area contributed by atoms with E-state index in [0.29, 0.717) is 3.43 Å². The monoisotopic (exact) mass is 315 g/mol. The van der Waals surface area contributed by atoms with Crippen LogP contribution >= 0.6 is 0 Å². The van der Waals surface area contributed by atoms with E-state index in [1.807, 2.05) is 0 Å². The molecule has 15 heavy (non-hydrogen) atoms. The Kier molecular flexibility index (Phi) is 5.89. The third-order valence-corrected chi connectivity index (χ3v) is 13.1. The first-order chi connectivity index (χ1) is 6.43. The molecular formula is C13H23OSn. The van der Waals surface area contributed by atoms with E-state index in [1.54, 1.807) is 3.58 Å². The first kappa shape index (κ1) is 15.0. The van der Waals surface area contributed by atoms with Gasteiger partial charge in [0.25, 0.3) is 0 Å². The van der Waals surface area contributed by atoms with Gasteiger partial charge in [-0.15, -0.1) is 0 Å². The van der Waals surface area contributed by atoms with Crippen LogP contribution in [0.25, 0.3) is 0 Å². The van der Waals surface area contributed by atoms with Gasteiger partial charge in [0.1, 0.15) is 0 Å². The predicted octanol–water partition coefficient (Wildman–Crippen LogP) is 2.77. The Morgan fingerprint density at radius 2 is 1.47 bits per heavy atom. The van der Waals surface area contributed by atoms with E-state index in [2.05, 4.69) is 65.0 Å². The summed E-state index contributed by atoms with van der Waals surface area (Å²) >= 11 is -1.48. The molecule has 0 aliphatic heterocycles. The molecule has 85 valence electrons. The van der Waals surface area contributed by atoms with Gasteiger partial charge in [-0.3, -0.25) is 0 Å². The largest absolute Gasteiger partial charge is 0.412 e. The zero-order valence-electron chi connectivity index (χ0n) is 10.5. The molecule has 1 nitrogen and oxygen atoms in total. The van der Waals surface area contributed by atoms with Gasteiger partial charge in [-0.2, -0.15) is 0 Å². The summed E-state index contributed by atoms with van der Waals surface area (Å²) in [7, 11) is 0. The molecule has 0 amide bonds. The summed E-state index contributed by atoms with van der Waals surface area (Å²) in [6.45, 7) is 12.0. The third-order valence-electron chi connectivity index (χ3n) is 2.47. The van der Waals surface area contributed by atoms with Gasteiger partial charge in [-0.1, -0.05) is 0 Å². The number of hydrogen-bond donors (Lipinski definition) is 0. The van der Waals surface area contributed by atoms with Crippen LogP contribution in [0.3, 0.4) is 0 Å². The fourth-order valence-electron chi connectivity index (χ4n) is 2.25. The van der Waals surface area contributed by atoms with Gasteiger partial charge in [-0.05, 0) is 0 Å². The van der Waals surface area contributed by atoms with Crippen molar-refractivity contribution in [3.8, 4) is 0 Å². The average molecular weight is 314 g/mol. The van der Waals surface area contributed by atoms with E-state index in [4.69, 9.17) is 0 Å². The summed E-state index contributed by atoms with van der Waals surface area (Å²) in [5, 5.41) is 0. The van der Waals surface area contributed by atoms with Crippen molar-refractivity contribution in [2.24, 2.45) is 0 Å². The van der Waals surface area contributed by atoms with Crippen molar-refractivity contribution in [1.29, 1.82) is 0 Å². The third kappa shape index (κ3) is 4.15. The van der Waals surface area contributed by atoms with Gasteiger partial charge in [0, 0.05) is 0 Å². The molecule has 0 fully saturated rings. The first-order valence-corrected chi connectivity index (χ1v) is 9.86. The van der Waals surface area contributed by atoms with Crippen molar-refractivity contribution >= 4 is 23.3 Å². The summed E-state index contributed by atoms with van der Waals surface area (Å²) < 4.78 is 3.09. The van der Waals surface area contributed by atoms with Crippen LogP contribution < -0.4 is 3.58 Å². The SMILES string of the molecule is C[CH](C)[Sn]([c]1ccccc1)[C](C)(C)C.O. The van der Waals surface area contributed by atoms with Crippen LogP contribution in [0.2, 0.25) is 7.36 Å². The molecule has 0 aromatic heterocycles. The van der Waals surface area contributed by atoms with Crippen molar-refractivity contribution in [3.05, 3.63) is 30.3 Å². The van der Waals surface area contributed by atoms with Crippen LogP contribution in [0, 0.1) is 0 Å². The Labute approximate surface area is 101 Å². The average Bonchev–Trinajstić information content (AvgIpc) is 2.02. The molecule has 0 unspecified atom stereocenters. The van der Waals surface area contributed by atoms with E-state index in [1.165, 1.54) is 0 Å². The van der Waals surface area contributed by atoms with Gasteiger partial charge in [0.15, 0.2) is 0 Å². The molecule has 2 N–H and O–H groups in total. The van der Waals surface area contributed by atoms with E-state index in [0.717, 1.165) is 3.93 Å². The molecule has 1 radical (unpaired) electrons. The van der Waals surface area contributed by atoms with Crippen molar-refractivity contribution < 1.29 is 5.48 Å². The Balaban J connectivity index is 0.00000196. The van der Waals surface area contributed by atoms with Crippen LogP contribution in [0.15, 0.2) is 30.3 Å². The van der Waals surface area contributed by atoms with Crippen LogP contribution in [-0.4, -0.2) is 25.2 Å². The van der Waals surface area contributed by atoms with Crippen LogP contribution in [0.5, 0.6) is 0 Å². The molecule has 0 aliphatic carbocycles. The van der Waals surface area contributed by atoms with Crippen molar-refractivity contribution in [2.75, 3.05) is 0 Å². The van der Waals surface area contributed by atoms with Crippen LogP contribution in [-0.2, 0) is 0 Å². The van der Waals surface area contributed by atoms with Gasteiger partial charge >= 0.3 is 95.7 Å². The second-order valence-electron chi connectivity index (χ2n) is 5.18. The second-order valence-corrected chi connectivity index (χ2v) is 16.8. The van der Waals surface area contributed by atoms with Crippen molar-refractivity contribution in [1.82, 2.24) is 0 Å². The van der Waals surface area contributed by atoms with E-state index < -0.39 is 19.8 Å². The topological polar surface area (TPSA) is 31.5 Å². The zero-order valence-corrected chi connectivity index (χ0v) is 13.3. The summed E-state index contributed by atoms with van der Waals surface area (Å²) in [5.41, 5.74) is 0. The standard InChI is InChI=1S/C6H5.C4H9.C3H7.H2O.Sn/c1-2-4-6-5-3-1;1-4(2)3;1-3-2;;/h1-5H;1-3H3;3H,1-2H3;1H2;. The molecule has 0 bridgehead atoms. The number of hydrogen-bond acceptors (Lipinski definition) is 0. The summed E-state index contributed by atoms with van der Waals surface area (Å²) in [6.07, 6.45) is 0. The fourth-order valence-corrected chi connectivity index (χ4v) is 13.1. The molecule has 0 heterocycles. The molecule has 2 heteroatoms. The minimum Gasteiger partial charge on any atom is -0.412 e. The maximum atomic E-state index is 2.41. The van der Waals surface area contributed by atoms with E-state index >= 15 is 0 Å².